The number of hydrogen-bond donors (Lipinski definition) is 2. The molecule has 6 nitrogen and oxygen atoms in total. The van der Waals surface area contributed by atoms with Crippen molar-refractivity contribution < 1.29 is 0 Å². The standard InChI is InChI=1S/C8H11N5OS/c1-12-4-2-6(11-12)3-5-13-7(14)9-10-8(13)15/h2,4H,3,5H2,1H3,(H,9,14)(H,10,15). The number of hydrogen-bond acceptors (Lipinski definition) is 3. The summed E-state index contributed by atoms with van der Waals surface area (Å²) < 4.78 is 3.62. The maximum atomic E-state index is 11.3. The van der Waals surface area contributed by atoms with Crippen molar-refractivity contribution in [3.05, 3.63) is 33.2 Å². The van der Waals surface area contributed by atoms with E-state index in [1.165, 1.54) is 4.57 Å². The first-order chi connectivity index (χ1) is 7.16. The van der Waals surface area contributed by atoms with Crippen LogP contribution >= 0.6 is 12.2 Å². The molecule has 0 aliphatic heterocycles. The molecule has 0 unspecified atom stereocenters. The summed E-state index contributed by atoms with van der Waals surface area (Å²) in [5, 5.41) is 9.24. The Hall–Kier alpha value is -1.63. The van der Waals surface area contributed by atoms with Gasteiger partial charge in [-0.15, -0.1) is 0 Å². The van der Waals surface area contributed by atoms with Crippen LogP contribution in [-0.2, 0) is 20.0 Å². The van der Waals surface area contributed by atoms with E-state index in [9.17, 15) is 4.79 Å². The summed E-state index contributed by atoms with van der Waals surface area (Å²) in [6.45, 7) is 0.536. The van der Waals surface area contributed by atoms with E-state index in [2.05, 4.69) is 15.3 Å². The molecule has 0 amide bonds. The maximum absolute atomic E-state index is 11.3. The molecule has 0 aromatic carbocycles. The average molecular weight is 225 g/mol. The lowest BCUT2D eigenvalue weighted by Gasteiger charge is -1.97. The highest BCUT2D eigenvalue weighted by Crippen LogP contribution is 1.97. The number of rotatable bonds is 3. The van der Waals surface area contributed by atoms with E-state index in [-0.39, 0.29) is 5.69 Å². The van der Waals surface area contributed by atoms with Crippen molar-refractivity contribution in [2.75, 3.05) is 0 Å². The Morgan fingerprint density at radius 1 is 1.53 bits per heavy atom. The Labute approximate surface area is 90.5 Å². The van der Waals surface area contributed by atoms with Crippen LogP contribution in [-0.4, -0.2) is 24.5 Å². The largest absolute Gasteiger partial charge is 0.342 e. The van der Waals surface area contributed by atoms with Gasteiger partial charge in [-0.3, -0.25) is 14.3 Å². The van der Waals surface area contributed by atoms with Gasteiger partial charge in [-0.05, 0) is 18.3 Å². The second-order valence-electron chi connectivity index (χ2n) is 3.24. The molecule has 0 saturated carbocycles. The van der Waals surface area contributed by atoms with E-state index >= 15 is 0 Å². The van der Waals surface area contributed by atoms with Gasteiger partial charge < -0.3 is 0 Å². The molecular weight excluding hydrogens is 214 g/mol. The van der Waals surface area contributed by atoms with Gasteiger partial charge in [0.1, 0.15) is 0 Å². The van der Waals surface area contributed by atoms with Gasteiger partial charge in [0.25, 0.3) is 0 Å². The van der Waals surface area contributed by atoms with Crippen molar-refractivity contribution in [2.24, 2.45) is 7.05 Å². The molecule has 0 spiro atoms. The summed E-state index contributed by atoms with van der Waals surface area (Å²) in [6.07, 6.45) is 2.56. The zero-order valence-corrected chi connectivity index (χ0v) is 9.04. The van der Waals surface area contributed by atoms with Gasteiger partial charge in [0.2, 0.25) is 0 Å². The van der Waals surface area contributed by atoms with Crippen LogP contribution in [0, 0.1) is 4.77 Å². The van der Waals surface area contributed by atoms with E-state index in [4.69, 9.17) is 12.2 Å². The molecule has 0 bridgehead atoms. The Kier molecular flexibility index (Phi) is 2.55. The van der Waals surface area contributed by atoms with Crippen LogP contribution in [0.3, 0.4) is 0 Å². The van der Waals surface area contributed by atoms with E-state index in [1.54, 1.807) is 4.68 Å². The van der Waals surface area contributed by atoms with Crippen LogP contribution in [0.15, 0.2) is 17.1 Å². The van der Waals surface area contributed by atoms with E-state index < -0.39 is 0 Å². The van der Waals surface area contributed by atoms with Crippen LogP contribution < -0.4 is 5.69 Å². The minimum atomic E-state index is -0.212. The molecule has 2 rings (SSSR count). The van der Waals surface area contributed by atoms with Gasteiger partial charge >= 0.3 is 5.69 Å². The monoisotopic (exact) mass is 225 g/mol. The summed E-state index contributed by atoms with van der Waals surface area (Å²) >= 11 is 4.94. The van der Waals surface area contributed by atoms with Crippen molar-refractivity contribution in [2.45, 2.75) is 13.0 Å². The predicted molar refractivity (Wildman–Crippen MR) is 57.1 cm³/mol. The summed E-state index contributed by atoms with van der Waals surface area (Å²) in [4.78, 5) is 11.3. The number of aromatic amines is 2. The van der Waals surface area contributed by atoms with Gasteiger partial charge in [-0.1, -0.05) is 0 Å². The highest BCUT2D eigenvalue weighted by atomic mass is 32.1. The Morgan fingerprint density at radius 3 is 2.87 bits per heavy atom. The third-order valence-electron chi connectivity index (χ3n) is 2.13. The van der Waals surface area contributed by atoms with Crippen molar-refractivity contribution in [3.8, 4) is 0 Å². The first-order valence-electron chi connectivity index (χ1n) is 4.53. The highest BCUT2D eigenvalue weighted by Gasteiger charge is 2.02. The molecule has 0 atom stereocenters. The third kappa shape index (κ3) is 2.07. The number of aromatic nitrogens is 5. The van der Waals surface area contributed by atoms with Crippen LogP contribution in [0.2, 0.25) is 0 Å². The number of nitrogens with one attached hydrogen (secondary N) is 2. The van der Waals surface area contributed by atoms with Crippen LogP contribution in [0.4, 0.5) is 0 Å². The summed E-state index contributed by atoms with van der Waals surface area (Å²) in [5.41, 5.74) is 0.732. The second kappa shape index (κ2) is 3.85. The quantitative estimate of drug-likeness (QED) is 0.733. The first-order valence-corrected chi connectivity index (χ1v) is 4.93. The lowest BCUT2D eigenvalue weighted by atomic mass is 10.3. The molecule has 80 valence electrons. The Balaban J connectivity index is 2.11. The normalized spacial score (nSPS) is 10.7. The van der Waals surface area contributed by atoms with Crippen LogP contribution in [0.5, 0.6) is 0 Å². The van der Waals surface area contributed by atoms with Crippen molar-refractivity contribution >= 4 is 12.2 Å². The highest BCUT2D eigenvalue weighted by molar-refractivity contribution is 7.71. The molecule has 2 aromatic heterocycles. The molecular formula is C8H11N5OS. The molecule has 0 aliphatic carbocycles. The molecule has 15 heavy (non-hydrogen) atoms. The van der Waals surface area contributed by atoms with Gasteiger partial charge in [0.05, 0.1) is 5.69 Å². The molecule has 7 heteroatoms. The summed E-state index contributed by atoms with van der Waals surface area (Å²) in [6, 6.07) is 1.92. The molecule has 2 N–H and O–H groups in total. The summed E-state index contributed by atoms with van der Waals surface area (Å²) in [5.74, 6) is 0. The number of aryl methyl sites for hydroxylation is 2. The zero-order chi connectivity index (χ0) is 10.8. The van der Waals surface area contributed by atoms with E-state index in [1.807, 2.05) is 19.3 Å². The molecule has 0 radical (unpaired) electrons. The Bertz CT molecular complexity index is 532. The minimum absolute atomic E-state index is 0.212. The topological polar surface area (TPSA) is 71.4 Å². The zero-order valence-electron chi connectivity index (χ0n) is 8.23. The van der Waals surface area contributed by atoms with E-state index in [0.29, 0.717) is 17.7 Å². The fourth-order valence-corrected chi connectivity index (χ4v) is 1.59. The van der Waals surface area contributed by atoms with Crippen molar-refractivity contribution in [1.82, 2.24) is 24.5 Å². The molecule has 0 fully saturated rings. The smallest absolute Gasteiger partial charge is 0.276 e. The minimum Gasteiger partial charge on any atom is -0.276 e. The fourth-order valence-electron chi connectivity index (χ4n) is 1.36. The maximum Gasteiger partial charge on any atom is 0.342 e. The second-order valence-corrected chi connectivity index (χ2v) is 3.63. The fraction of sp³-hybridized carbons (Fsp3) is 0.375. The van der Waals surface area contributed by atoms with Gasteiger partial charge in [0.15, 0.2) is 4.77 Å². The van der Waals surface area contributed by atoms with Gasteiger partial charge in [0, 0.05) is 26.2 Å². The molecule has 2 aromatic rings. The lowest BCUT2D eigenvalue weighted by molar-refractivity contribution is 0.641. The predicted octanol–water partition coefficient (Wildman–Crippen LogP) is 0.210. The number of H-pyrrole nitrogens is 2. The molecule has 2 heterocycles. The van der Waals surface area contributed by atoms with Crippen LogP contribution in [0.1, 0.15) is 5.69 Å². The Morgan fingerprint density at radius 2 is 2.33 bits per heavy atom. The van der Waals surface area contributed by atoms with Crippen molar-refractivity contribution in [3.63, 3.8) is 0 Å². The number of nitrogens with zero attached hydrogens (tertiary/aromatic N) is 3. The lowest BCUT2D eigenvalue weighted by Crippen LogP contribution is -2.18. The average Bonchev–Trinajstić information content (AvgIpc) is 2.73. The first kappa shape index (κ1) is 9.91. The molecule has 0 aliphatic rings. The SMILES string of the molecule is Cn1ccc(CCn2c(=O)[nH][nH]c2=S)n1. The van der Waals surface area contributed by atoms with Crippen molar-refractivity contribution in [1.29, 1.82) is 0 Å². The van der Waals surface area contributed by atoms with Crippen LogP contribution in [0.25, 0.3) is 0 Å². The van der Waals surface area contributed by atoms with Gasteiger partial charge in [-0.25, -0.2) is 9.89 Å². The third-order valence-corrected chi connectivity index (χ3v) is 2.45. The molecule has 0 saturated heterocycles. The summed E-state index contributed by atoms with van der Waals surface area (Å²) in [7, 11) is 1.86. The van der Waals surface area contributed by atoms with Gasteiger partial charge in [-0.2, -0.15) is 5.10 Å². The van der Waals surface area contributed by atoms with E-state index in [0.717, 1.165) is 5.69 Å².